The van der Waals surface area contributed by atoms with Gasteiger partial charge in [0, 0.05) is 13.1 Å². The fraction of sp³-hybridized carbons (Fsp3) is 0.571. The highest BCUT2D eigenvalue weighted by Crippen LogP contribution is 2.25. The van der Waals surface area contributed by atoms with Gasteiger partial charge in [0.25, 0.3) is 0 Å². The Kier molecular flexibility index (Phi) is 6.46. The molecule has 0 atom stereocenters. The molecule has 0 saturated carbocycles. The lowest BCUT2D eigenvalue weighted by molar-refractivity contribution is 0.296. The molecule has 21 heavy (non-hydrogen) atoms. The van der Waals surface area contributed by atoms with E-state index < -0.39 is 10.0 Å². The zero-order valence-corrected chi connectivity index (χ0v) is 14.3. The molecule has 120 valence electrons. The number of benzene rings is 1. The van der Waals surface area contributed by atoms with Crippen LogP contribution < -0.4 is 10.1 Å². The molecule has 1 heterocycles. The van der Waals surface area contributed by atoms with E-state index in [1.165, 1.54) is 4.31 Å². The monoisotopic (exact) mass is 334 g/mol. The Morgan fingerprint density at radius 1 is 1.29 bits per heavy atom. The fourth-order valence-electron chi connectivity index (χ4n) is 2.54. The minimum atomic E-state index is -3.44. The molecule has 0 aromatic heterocycles. The van der Waals surface area contributed by atoms with Gasteiger partial charge in [-0.1, -0.05) is 0 Å². The van der Waals surface area contributed by atoms with Crippen LogP contribution in [0.1, 0.15) is 18.4 Å². The van der Waals surface area contributed by atoms with Gasteiger partial charge in [0.2, 0.25) is 10.0 Å². The minimum Gasteiger partial charge on any atom is -0.496 e. The number of hydrogen-bond donors (Lipinski definition) is 1. The molecule has 1 saturated heterocycles. The van der Waals surface area contributed by atoms with Crippen molar-refractivity contribution in [1.29, 1.82) is 0 Å². The van der Waals surface area contributed by atoms with Crippen LogP contribution in [0, 0.1) is 6.92 Å². The summed E-state index contributed by atoms with van der Waals surface area (Å²) in [4.78, 5) is 0.330. The summed E-state index contributed by atoms with van der Waals surface area (Å²) in [6.07, 6.45) is 1.70. The molecule has 0 aliphatic carbocycles. The van der Waals surface area contributed by atoms with Crippen molar-refractivity contribution in [3.05, 3.63) is 23.8 Å². The summed E-state index contributed by atoms with van der Waals surface area (Å²) in [5.41, 5.74) is 0.826. The summed E-state index contributed by atoms with van der Waals surface area (Å²) in [7, 11) is -0.184. The van der Waals surface area contributed by atoms with Crippen LogP contribution in [0.5, 0.6) is 5.75 Å². The van der Waals surface area contributed by atoms with Gasteiger partial charge in [0.15, 0.2) is 0 Å². The standard InChI is InChI=1S/C14H22N2O3S.ClH/c1-11-10-13(4-5-14(11)19-3)20(17,18)16(2)12-6-8-15-9-7-12;/h4-5,10,12,15H,6-9H2,1-3H3;1H. The first-order valence-corrected chi connectivity index (χ1v) is 8.24. The topological polar surface area (TPSA) is 58.6 Å². The summed E-state index contributed by atoms with van der Waals surface area (Å²) < 4.78 is 32.0. The van der Waals surface area contributed by atoms with E-state index in [-0.39, 0.29) is 18.4 Å². The van der Waals surface area contributed by atoms with Crippen LogP contribution in [0.15, 0.2) is 23.1 Å². The maximum atomic E-state index is 12.6. The van der Waals surface area contributed by atoms with Crippen molar-refractivity contribution >= 4 is 22.4 Å². The number of aryl methyl sites for hydroxylation is 1. The maximum absolute atomic E-state index is 12.6. The third-order valence-electron chi connectivity index (χ3n) is 3.87. The van der Waals surface area contributed by atoms with Crippen LogP contribution in [0.3, 0.4) is 0 Å². The van der Waals surface area contributed by atoms with E-state index in [4.69, 9.17) is 4.74 Å². The predicted molar refractivity (Wildman–Crippen MR) is 85.8 cm³/mol. The lowest BCUT2D eigenvalue weighted by Crippen LogP contribution is -2.43. The lowest BCUT2D eigenvalue weighted by atomic mass is 10.1. The van der Waals surface area contributed by atoms with Crippen LogP contribution in [0.4, 0.5) is 0 Å². The Morgan fingerprint density at radius 3 is 2.43 bits per heavy atom. The molecule has 1 fully saturated rings. The molecule has 1 aromatic rings. The number of hydrogen-bond acceptors (Lipinski definition) is 4. The molecule has 0 radical (unpaired) electrons. The second-order valence-electron chi connectivity index (χ2n) is 5.13. The largest absolute Gasteiger partial charge is 0.496 e. The number of ether oxygens (including phenoxy) is 1. The van der Waals surface area contributed by atoms with E-state index in [0.717, 1.165) is 31.5 Å². The van der Waals surface area contributed by atoms with E-state index in [1.807, 2.05) is 6.92 Å². The molecule has 0 amide bonds. The Hall–Kier alpha value is -0.820. The second kappa shape index (κ2) is 7.45. The van der Waals surface area contributed by atoms with Crippen molar-refractivity contribution in [3.8, 4) is 5.75 Å². The highest BCUT2D eigenvalue weighted by molar-refractivity contribution is 7.89. The van der Waals surface area contributed by atoms with E-state index >= 15 is 0 Å². The van der Waals surface area contributed by atoms with Gasteiger partial charge in [0.1, 0.15) is 5.75 Å². The predicted octanol–water partition coefficient (Wildman–Crippen LogP) is 1.80. The molecule has 2 rings (SSSR count). The van der Waals surface area contributed by atoms with E-state index in [9.17, 15) is 8.42 Å². The molecular formula is C14H23ClN2O3S. The van der Waals surface area contributed by atoms with Gasteiger partial charge in [0.05, 0.1) is 12.0 Å². The number of nitrogens with one attached hydrogen (secondary N) is 1. The van der Waals surface area contributed by atoms with Gasteiger partial charge in [-0.05, 0) is 56.6 Å². The first-order chi connectivity index (χ1) is 9.46. The van der Waals surface area contributed by atoms with Crippen molar-refractivity contribution in [1.82, 2.24) is 9.62 Å². The van der Waals surface area contributed by atoms with Gasteiger partial charge >= 0.3 is 0 Å². The summed E-state index contributed by atoms with van der Waals surface area (Å²) in [5.74, 6) is 0.702. The number of halogens is 1. The van der Waals surface area contributed by atoms with E-state index in [0.29, 0.717) is 10.6 Å². The zero-order chi connectivity index (χ0) is 14.8. The normalized spacial score (nSPS) is 16.6. The molecule has 1 aromatic carbocycles. The molecule has 1 aliphatic heterocycles. The Morgan fingerprint density at radius 2 is 1.90 bits per heavy atom. The highest BCUT2D eigenvalue weighted by Gasteiger charge is 2.29. The SMILES string of the molecule is COc1ccc(S(=O)(=O)N(C)C2CCNCC2)cc1C.Cl. The van der Waals surface area contributed by atoms with E-state index in [1.54, 1.807) is 32.4 Å². The molecule has 7 heteroatoms. The first-order valence-electron chi connectivity index (χ1n) is 6.80. The second-order valence-corrected chi connectivity index (χ2v) is 7.13. The summed E-state index contributed by atoms with van der Waals surface area (Å²) in [6.45, 7) is 3.58. The number of nitrogens with zero attached hydrogens (tertiary/aromatic N) is 1. The lowest BCUT2D eigenvalue weighted by Gasteiger charge is -2.31. The Balaban J connectivity index is 0.00000220. The van der Waals surface area contributed by atoms with Crippen LogP contribution in [-0.4, -0.2) is 46.0 Å². The highest BCUT2D eigenvalue weighted by atomic mass is 35.5. The molecule has 1 N–H and O–H groups in total. The first kappa shape index (κ1) is 18.2. The Labute approximate surface area is 133 Å². The molecule has 1 aliphatic rings. The van der Waals surface area contributed by atoms with Crippen LogP contribution in [0.25, 0.3) is 0 Å². The van der Waals surface area contributed by atoms with Crippen molar-refractivity contribution in [2.45, 2.75) is 30.7 Å². The maximum Gasteiger partial charge on any atom is 0.243 e. The van der Waals surface area contributed by atoms with Crippen molar-refractivity contribution in [2.24, 2.45) is 0 Å². The molecule has 0 spiro atoms. The van der Waals surface area contributed by atoms with Gasteiger partial charge in [-0.15, -0.1) is 12.4 Å². The summed E-state index contributed by atoms with van der Waals surface area (Å²) in [6, 6.07) is 5.06. The average molecular weight is 335 g/mol. The number of methoxy groups -OCH3 is 1. The van der Waals surface area contributed by atoms with Crippen molar-refractivity contribution in [3.63, 3.8) is 0 Å². The smallest absolute Gasteiger partial charge is 0.243 e. The quantitative estimate of drug-likeness (QED) is 0.912. The molecule has 5 nitrogen and oxygen atoms in total. The number of piperidine rings is 1. The van der Waals surface area contributed by atoms with Crippen molar-refractivity contribution in [2.75, 3.05) is 27.2 Å². The molecular weight excluding hydrogens is 312 g/mol. The van der Waals surface area contributed by atoms with Gasteiger partial charge in [-0.2, -0.15) is 4.31 Å². The van der Waals surface area contributed by atoms with E-state index in [2.05, 4.69) is 5.32 Å². The summed E-state index contributed by atoms with van der Waals surface area (Å²) >= 11 is 0. The van der Waals surface area contributed by atoms with Gasteiger partial charge in [-0.3, -0.25) is 0 Å². The average Bonchev–Trinajstić information content (AvgIpc) is 2.47. The number of rotatable bonds is 4. The third kappa shape index (κ3) is 3.88. The summed E-state index contributed by atoms with van der Waals surface area (Å²) in [5, 5.41) is 3.25. The van der Waals surface area contributed by atoms with Crippen LogP contribution >= 0.6 is 12.4 Å². The van der Waals surface area contributed by atoms with Gasteiger partial charge in [-0.25, -0.2) is 8.42 Å². The number of sulfonamides is 1. The zero-order valence-electron chi connectivity index (χ0n) is 12.6. The minimum absolute atomic E-state index is 0. The molecule has 0 unspecified atom stereocenters. The Bertz CT molecular complexity index is 572. The van der Waals surface area contributed by atoms with Crippen molar-refractivity contribution < 1.29 is 13.2 Å². The molecule has 0 bridgehead atoms. The van der Waals surface area contributed by atoms with Crippen LogP contribution in [0.2, 0.25) is 0 Å². The fourth-order valence-corrected chi connectivity index (χ4v) is 4.05. The van der Waals surface area contributed by atoms with Gasteiger partial charge < -0.3 is 10.1 Å². The third-order valence-corrected chi connectivity index (χ3v) is 5.77. The van der Waals surface area contributed by atoms with Crippen LogP contribution in [-0.2, 0) is 10.0 Å².